The van der Waals surface area contributed by atoms with Gasteiger partial charge in [-0.2, -0.15) is 0 Å². The second-order valence-corrected chi connectivity index (χ2v) is 4.43. The minimum Gasteiger partial charge on any atom is -0.326 e. The third kappa shape index (κ3) is 2.66. The van der Waals surface area contributed by atoms with E-state index >= 15 is 0 Å². The van der Waals surface area contributed by atoms with Gasteiger partial charge < -0.3 is 9.72 Å². The van der Waals surface area contributed by atoms with Gasteiger partial charge in [-0.15, -0.1) is 0 Å². The number of benzene rings is 1. The molecule has 1 amide bonds. The molecule has 0 aliphatic carbocycles. The topological polar surface area (TPSA) is 46.4 Å². The molecule has 0 saturated carbocycles. The summed E-state index contributed by atoms with van der Waals surface area (Å²) in [4.78, 5) is 16.2. The Hall–Kier alpha value is -2.69. The third-order valence-electron chi connectivity index (χ3n) is 2.88. The van der Waals surface area contributed by atoms with Crippen molar-refractivity contribution in [3.63, 3.8) is 0 Å². The predicted molar refractivity (Wildman–Crippen MR) is 73.9 cm³/mol. The third-order valence-corrected chi connectivity index (χ3v) is 2.88. The summed E-state index contributed by atoms with van der Waals surface area (Å²) in [5, 5.41) is 2.71. The van der Waals surface area contributed by atoms with Crippen molar-refractivity contribution >= 4 is 17.2 Å². The Balaban J connectivity index is 1.70. The zero-order valence-corrected chi connectivity index (χ0v) is 10.6. The number of carbonyl (C=O) groups excluding carboxylic acids is 1. The molecule has 0 radical (unpaired) electrons. The normalized spacial score (nSPS) is 10.7. The van der Waals surface area contributed by atoms with Gasteiger partial charge in [0.2, 0.25) is 5.91 Å². The Morgan fingerprint density at radius 2 is 2.00 bits per heavy atom. The summed E-state index contributed by atoms with van der Waals surface area (Å²) in [5.74, 6) is -0.511. The molecule has 0 atom stereocenters. The molecule has 0 spiro atoms. The van der Waals surface area contributed by atoms with Gasteiger partial charge in [0.25, 0.3) is 0 Å². The molecule has 0 bridgehead atoms. The number of nitrogens with zero attached hydrogens (tertiary/aromatic N) is 2. The highest BCUT2D eigenvalue weighted by Gasteiger charge is 2.07. The lowest BCUT2D eigenvalue weighted by atomic mass is 10.2. The van der Waals surface area contributed by atoms with Crippen LogP contribution in [0.5, 0.6) is 0 Å². The molecule has 0 fully saturated rings. The van der Waals surface area contributed by atoms with E-state index in [2.05, 4.69) is 10.3 Å². The Kier molecular flexibility index (Phi) is 3.16. The molecule has 20 heavy (non-hydrogen) atoms. The summed E-state index contributed by atoms with van der Waals surface area (Å²) in [6.45, 7) is 0. The van der Waals surface area contributed by atoms with Crippen molar-refractivity contribution in [3.05, 3.63) is 66.4 Å². The molecule has 3 rings (SSSR count). The van der Waals surface area contributed by atoms with Gasteiger partial charge in [-0.3, -0.25) is 4.79 Å². The van der Waals surface area contributed by atoms with Gasteiger partial charge in [0.1, 0.15) is 11.5 Å². The van der Waals surface area contributed by atoms with E-state index in [1.807, 2.05) is 35.0 Å². The van der Waals surface area contributed by atoms with Gasteiger partial charge >= 0.3 is 0 Å². The molecule has 2 aromatic heterocycles. The predicted octanol–water partition coefficient (Wildman–Crippen LogP) is 2.65. The minimum absolute atomic E-state index is 0.180. The molecule has 0 saturated heterocycles. The lowest BCUT2D eigenvalue weighted by Crippen LogP contribution is -2.14. The van der Waals surface area contributed by atoms with Crippen LogP contribution in [0.1, 0.15) is 5.69 Å². The van der Waals surface area contributed by atoms with Gasteiger partial charge in [-0.25, -0.2) is 9.37 Å². The number of halogens is 1. The molecule has 0 aliphatic rings. The first-order valence-corrected chi connectivity index (χ1v) is 6.19. The quantitative estimate of drug-likeness (QED) is 0.794. The summed E-state index contributed by atoms with van der Waals surface area (Å²) in [6.07, 6.45) is 3.88. The largest absolute Gasteiger partial charge is 0.326 e. The van der Waals surface area contributed by atoms with E-state index in [9.17, 15) is 9.18 Å². The second-order valence-electron chi connectivity index (χ2n) is 4.43. The molecule has 1 N–H and O–H groups in total. The number of hydrogen-bond donors (Lipinski definition) is 1. The highest BCUT2D eigenvalue weighted by atomic mass is 19.1. The molecular formula is C15H12FN3O. The number of fused-ring (bicyclic) bond motifs is 1. The van der Waals surface area contributed by atoms with Crippen molar-refractivity contribution in [2.24, 2.45) is 0 Å². The fourth-order valence-corrected chi connectivity index (χ4v) is 1.98. The molecular weight excluding hydrogens is 257 g/mol. The average molecular weight is 269 g/mol. The molecule has 0 aliphatic heterocycles. The number of hydrogen-bond acceptors (Lipinski definition) is 2. The molecule has 2 heterocycles. The number of aromatic nitrogens is 2. The SMILES string of the molecule is O=C(Cc1cn2ccccc2n1)Nc1ccc(F)cc1. The summed E-state index contributed by atoms with van der Waals surface area (Å²) in [5.41, 5.74) is 2.06. The fraction of sp³-hybridized carbons (Fsp3) is 0.0667. The van der Waals surface area contributed by atoms with E-state index in [0.29, 0.717) is 11.4 Å². The van der Waals surface area contributed by atoms with Crippen LogP contribution in [0.25, 0.3) is 5.65 Å². The Bertz CT molecular complexity index is 716. The van der Waals surface area contributed by atoms with Crippen LogP contribution in [0.4, 0.5) is 10.1 Å². The van der Waals surface area contributed by atoms with Crippen LogP contribution >= 0.6 is 0 Å². The summed E-state index contributed by atoms with van der Waals surface area (Å²) >= 11 is 0. The number of carbonyl (C=O) groups is 1. The summed E-state index contributed by atoms with van der Waals surface area (Å²) < 4.78 is 14.6. The Labute approximate surface area is 114 Å². The van der Waals surface area contributed by atoms with Crippen molar-refractivity contribution in [3.8, 4) is 0 Å². The monoisotopic (exact) mass is 269 g/mol. The van der Waals surface area contributed by atoms with Crippen molar-refractivity contribution < 1.29 is 9.18 Å². The maximum absolute atomic E-state index is 12.8. The van der Waals surface area contributed by atoms with E-state index in [1.54, 1.807) is 0 Å². The minimum atomic E-state index is -0.330. The molecule has 3 aromatic rings. The number of pyridine rings is 1. The maximum atomic E-state index is 12.8. The smallest absolute Gasteiger partial charge is 0.230 e. The van der Waals surface area contributed by atoms with Crippen LogP contribution < -0.4 is 5.32 Å². The number of amides is 1. The van der Waals surface area contributed by atoms with E-state index in [0.717, 1.165) is 5.65 Å². The van der Waals surface area contributed by atoms with Gasteiger partial charge in [-0.1, -0.05) is 6.07 Å². The molecule has 5 heteroatoms. The zero-order chi connectivity index (χ0) is 13.9. The van der Waals surface area contributed by atoms with Crippen LogP contribution in [0.3, 0.4) is 0 Å². The van der Waals surface area contributed by atoms with Crippen molar-refractivity contribution in [2.45, 2.75) is 6.42 Å². The fourth-order valence-electron chi connectivity index (χ4n) is 1.98. The molecule has 100 valence electrons. The van der Waals surface area contributed by atoms with Crippen LogP contribution in [0.15, 0.2) is 54.9 Å². The first-order valence-electron chi connectivity index (χ1n) is 6.19. The number of rotatable bonds is 3. The average Bonchev–Trinajstić information content (AvgIpc) is 2.83. The molecule has 0 unspecified atom stereocenters. The Morgan fingerprint density at radius 1 is 1.20 bits per heavy atom. The number of imidazole rings is 1. The van der Waals surface area contributed by atoms with Gasteiger partial charge in [0.15, 0.2) is 0 Å². The Morgan fingerprint density at radius 3 is 2.75 bits per heavy atom. The first kappa shape index (κ1) is 12.3. The number of nitrogens with one attached hydrogen (secondary N) is 1. The van der Waals surface area contributed by atoms with Gasteiger partial charge in [0, 0.05) is 18.1 Å². The van der Waals surface area contributed by atoms with Crippen LogP contribution in [-0.4, -0.2) is 15.3 Å². The second kappa shape index (κ2) is 5.13. The van der Waals surface area contributed by atoms with Crippen LogP contribution in [0.2, 0.25) is 0 Å². The summed E-state index contributed by atoms with van der Waals surface area (Å²) in [6, 6.07) is 11.3. The van der Waals surface area contributed by atoms with E-state index < -0.39 is 0 Å². The highest BCUT2D eigenvalue weighted by Crippen LogP contribution is 2.10. The molecule has 4 nitrogen and oxygen atoms in total. The van der Waals surface area contributed by atoms with Crippen molar-refractivity contribution in [2.75, 3.05) is 5.32 Å². The molecule has 1 aromatic carbocycles. The van der Waals surface area contributed by atoms with Gasteiger partial charge in [-0.05, 0) is 36.4 Å². The van der Waals surface area contributed by atoms with Crippen LogP contribution in [0, 0.1) is 5.82 Å². The number of anilines is 1. The van der Waals surface area contributed by atoms with E-state index in [4.69, 9.17) is 0 Å². The zero-order valence-electron chi connectivity index (χ0n) is 10.6. The first-order chi connectivity index (χ1) is 9.70. The maximum Gasteiger partial charge on any atom is 0.230 e. The lowest BCUT2D eigenvalue weighted by molar-refractivity contribution is -0.115. The van der Waals surface area contributed by atoms with Crippen LogP contribution in [-0.2, 0) is 11.2 Å². The lowest BCUT2D eigenvalue weighted by Gasteiger charge is -2.03. The van der Waals surface area contributed by atoms with E-state index in [1.165, 1.54) is 24.3 Å². The standard InChI is InChI=1S/C15H12FN3O/c16-11-4-6-12(7-5-11)18-15(20)9-13-10-19-8-2-1-3-14(19)17-13/h1-8,10H,9H2,(H,18,20). The van der Waals surface area contributed by atoms with Gasteiger partial charge in [0.05, 0.1) is 12.1 Å². The van der Waals surface area contributed by atoms with Crippen molar-refractivity contribution in [1.29, 1.82) is 0 Å². The summed E-state index contributed by atoms with van der Waals surface area (Å²) in [7, 11) is 0. The highest BCUT2D eigenvalue weighted by molar-refractivity contribution is 5.92. The van der Waals surface area contributed by atoms with E-state index in [-0.39, 0.29) is 18.1 Å². The van der Waals surface area contributed by atoms with Crippen molar-refractivity contribution in [1.82, 2.24) is 9.38 Å².